The van der Waals surface area contributed by atoms with Gasteiger partial charge in [0.15, 0.2) is 0 Å². The molecule has 1 aromatic heterocycles. The van der Waals surface area contributed by atoms with Crippen LogP contribution in [0.1, 0.15) is 11.1 Å². The molecule has 0 spiro atoms. The summed E-state index contributed by atoms with van der Waals surface area (Å²) in [7, 11) is 1.57. The molecule has 2 amide bonds. The molecule has 0 aliphatic heterocycles. The molecule has 5 nitrogen and oxygen atoms in total. The van der Waals surface area contributed by atoms with Crippen LogP contribution in [-0.2, 0) is 0 Å². The van der Waals surface area contributed by atoms with Gasteiger partial charge in [0, 0.05) is 26.0 Å². The molecule has 0 bridgehead atoms. The molecular formula is C7H12N4OS. The third-order valence-corrected chi connectivity index (χ3v) is 1.95. The second kappa shape index (κ2) is 4.76. The van der Waals surface area contributed by atoms with Crippen molar-refractivity contribution in [3.63, 3.8) is 0 Å². The lowest BCUT2D eigenvalue weighted by Crippen LogP contribution is -2.34. The summed E-state index contributed by atoms with van der Waals surface area (Å²) in [6.07, 6.45) is 3.37. The van der Waals surface area contributed by atoms with Crippen LogP contribution in [0.5, 0.6) is 0 Å². The third-order valence-electron chi connectivity index (χ3n) is 1.52. The fourth-order valence-corrected chi connectivity index (χ4v) is 1.07. The second-order valence-electron chi connectivity index (χ2n) is 2.45. The highest BCUT2D eigenvalue weighted by Gasteiger charge is 2.08. The zero-order chi connectivity index (χ0) is 9.68. The van der Waals surface area contributed by atoms with Crippen molar-refractivity contribution in [2.45, 2.75) is 5.25 Å². The molecule has 0 aliphatic rings. The number of rotatable bonds is 3. The van der Waals surface area contributed by atoms with Gasteiger partial charge in [-0.1, -0.05) is 0 Å². The Morgan fingerprint density at radius 2 is 2.62 bits per heavy atom. The van der Waals surface area contributed by atoms with E-state index in [0.717, 1.165) is 5.82 Å². The maximum atomic E-state index is 10.8. The van der Waals surface area contributed by atoms with Gasteiger partial charge in [0.2, 0.25) is 0 Å². The monoisotopic (exact) mass is 200 g/mol. The van der Waals surface area contributed by atoms with Gasteiger partial charge < -0.3 is 15.6 Å². The summed E-state index contributed by atoms with van der Waals surface area (Å²) in [5.74, 6) is 0.750. The van der Waals surface area contributed by atoms with Crippen LogP contribution in [0.4, 0.5) is 4.79 Å². The number of nitrogens with one attached hydrogen (secondary N) is 3. The fraction of sp³-hybridized carbons (Fsp3) is 0.429. The summed E-state index contributed by atoms with van der Waals surface area (Å²) >= 11 is 4.26. The number of amides is 2. The van der Waals surface area contributed by atoms with Crippen molar-refractivity contribution in [1.29, 1.82) is 0 Å². The normalized spacial score (nSPS) is 12.2. The highest BCUT2D eigenvalue weighted by Crippen LogP contribution is 2.13. The van der Waals surface area contributed by atoms with Crippen molar-refractivity contribution in [2.24, 2.45) is 0 Å². The van der Waals surface area contributed by atoms with Crippen molar-refractivity contribution in [2.75, 3.05) is 13.6 Å². The zero-order valence-corrected chi connectivity index (χ0v) is 8.14. The molecule has 6 heteroatoms. The number of aromatic amines is 1. The molecule has 0 aromatic carbocycles. The predicted octanol–water partition coefficient (Wildman–Crippen LogP) is 0.310. The summed E-state index contributed by atoms with van der Waals surface area (Å²) in [5.41, 5.74) is 0. The maximum Gasteiger partial charge on any atom is 0.314 e. The van der Waals surface area contributed by atoms with Crippen LogP contribution in [-0.4, -0.2) is 29.6 Å². The number of urea groups is 1. The Morgan fingerprint density at radius 1 is 1.85 bits per heavy atom. The van der Waals surface area contributed by atoms with E-state index in [0.29, 0.717) is 6.54 Å². The lowest BCUT2D eigenvalue weighted by atomic mass is 10.4. The minimum atomic E-state index is -0.217. The molecule has 1 rings (SSSR count). The van der Waals surface area contributed by atoms with Gasteiger partial charge in [-0.25, -0.2) is 9.78 Å². The van der Waals surface area contributed by atoms with Gasteiger partial charge in [0.25, 0.3) is 0 Å². The van der Waals surface area contributed by atoms with E-state index in [-0.39, 0.29) is 11.3 Å². The molecule has 0 radical (unpaired) electrons. The molecule has 72 valence electrons. The Kier molecular flexibility index (Phi) is 3.63. The fourth-order valence-electron chi connectivity index (χ4n) is 0.834. The molecule has 0 saturated heterocycles. The number of carbonyl (C=O) groups is 1. The van der Waals surface area contributed by atoms with Gasteiger partial charge in [-0.3, -0.25) is 0 Å². The van der Waals surface area contributed by atoms with Gasteiger partial charge in [-0.05, 0) is 0 Å². The van der Waals surface area contributed by atoms with Gasteiger partial charge in [0.1, 0.15) is 5.82 Å². The number of hydrogen-bond donors (Lipinski definition) is 4. The standard InChI is InChI=1S/C7H12N4OS/c1-8-7(12)11-4-5(13)6-9-2-3-10-6/h2-3,5,13H,4H2,1H3,(H,9,10)(H2,8,11,12). The van der Waals surface area contributed by atoms with Gasteiger partial charge in [-0.15, -0.1) is 0 Å². The minimum absolute atomic E-state index is 0.104. The Balaban J connectivity index is 2.34. The van der Waals surface area contributed by atoms with Crippen LogP contribution in [0.3, 0.4) is 0 Å². The van der Waals surface area contributed by atoms with E-state index in [9.17, 15) is 4.79 Å². The largest absolute Gasteiger partial charge is 0.348 e. The number of thiol groups is 1. The first kappa shape index (κ1) is 9.91. The number of imidazole rings is 1. The van der Waals surface area contributed by atoms with Gasteiger partial charge >= 0.3 is 6.03 Å². The Labute approximate surface area is 81.7 Å². The quantitative estimate of drug-likeness (QED) is 0.530. The molecule has 1 atom stereocenters. The van der Waals surface area contributed by atoms with Crippen LogP contribution in [0.25, 0.3) is 0 Å². The SMILES string of the molecule is CNC(=O)NCC(S)c1ncc[nH]1. The van der Waals surface area contributed by atoms with Crippen molar-refractivity contribution in [3.8, 4) is 0 Å². The molecule has 1 heterocycles. The lowest BCUT2D eigenvalue weighted by molar-refractivity contribution is 0.243. The van der Waals surface area contributed by atoms with Crippen LogP contribution < -0.4 is 10.6 Å². The molecule has 1 aromatic rings. The highest BCUT2D eigenvalue weighted by atomic mass is 32.1. The number of aromatic nitrogens is 2. The topological polar surface area (TPSA) is 69.8 Å². The van der Waals surface area contributed by atoms with Crippen LogP contribution in [0.2, 0.25) is 0 Å². The van der Waals surface area contributed by atoms with E-state index >= 15 is 0 Å². The predicted molar refractivity (Wildman–Crippen MR) is 52.8 cm³/mol. The highest BCUT2D eigenvalue weighted by molar-refractivity contribution is 7.80. The molecule has 1 unspecified atom stereocenters. The van der Waals surface area contributed by atoms with Gasteiger partial charge in [-0.2, -0.15) is 12.6 Å². The smallest absolute Gasteiger partial charge is 0.314 e. The number of H-pyrrole nitrogens is 1. The number of hydrogen-bond acceptors (Lipinski definition) is 3. The van der Waals surface area contributed by atoms with E-state index in [1.165, 1.54) is 0 Å². The number of carbonyl (C=O) groups excluding carboxylic acids is 1. The molecule has 0 fully saturated rings. The van der Waals surface area contributed by atoms with Gasteiger partial charge in [0.05, 0.1) is 5.25 Å². The first-order valence-electron chi connectivity index (χ1n) is 3.87. The summed E-state index contributed by atoms with van der Waals surface area (Å²) in [6, 6.07) is -0.217. The molecule has 0 aliphatic carbocycles. The molecular weight excluding hydrogens is 188 g/mol. The summed E-state index contributed by atoms with van der Waals surface area (Å²) in [6.45, 7) is 0.441. The van der Waals surface area contributed by atoms with E-state index in [2.05, 4.69) is 33.2 Å². The Morgan fingerprint density at radius 3 is 3.15 bits per heavy atom. The summed E-state index contributed by atoms with van der Waals surface area (Å²) in [5, 5.41) is 4.98. The van der Waals surface area contributed by atoms with Crippen molar-refractivity contribution >= 4 is 18.7 Å². The van der Waals surface area contributed by atoms with Crippen LogP contribution >= 0.6 is 12.6 Å². The van der Waals surface area contributed by atoms with Crippen LogP contribution in [0.15, 0.2) is 12.4 Å². The van der Waals surface area contributed by atoms with E-state index in [1.54, 1.807) is 19.4 Å². The molecule has 3 N–H and O–H groups in total. The molecule has 13 heavy (non-hydrogen) atoms. The van der Waals surface area contributed by atoms with Crippen molar-refractivity contribution < 1.29 is 4.79 Å². The van der Waals surface area contributed by atoms with Crippen molar-refractivity contribution in [3.05, 3.63) is 18.2 Å². The van der Waals surface area contributed by atoms with E-state index in [4.69, 9.17) is 0 Å². The van der Waals surface area contributed by atoms with E-state index in [1.807, 2.05) is 0 Å². The zero-order valence-electron chi connectivity index (χ0n) is 7.24. The maximum absolute atomic E-state index is 10.8. The second-order valence-corrected chi connectivity index (χ2v) is 3.07. The average Bonchev–Trinajstić information content (AvgIpc) is 2.66. The molecule has 0 saturated carbocycles. The average molecular weight is 200 g/mol. The lowest BCUT2D eigenvalue weighted by Gasteiger charge is -2.08. The summed E-state index contributed by atoms with van der Waals surface area (Å²) in [4.78, 5) is 17.7. The Hall–Kier alpha value is -1.17. The van der Waals surface area contributed by atoms with Crippen LogP contribution in [0, 0.1) is 0 Å². The van der Waals surface area contributed by atoms with Crippen molar-refractivity contribution in [1.82, 2.24) is 20.6 Å². The Bertz CT molecular complexity index is 261. The minimum Gasteiger partial charge on any atom is -0.348 e. The first-order valence-corrected chi connectivity index (χ1v) is 4.38. The summed E-state index contributed by atoms with van der Waals surface area (Å²) < 4.78 is 0. The van der Waals surface area contributed by atoms with E-state index < -0.39 is 0 Å². The number of nitrogens with zero attached hydrogens (tertiary/aromatic N) is 1. The third kappa shape index (κ3) is 2.98. The first-order chi connectivity index (χ1) is 6.24.